The average molecular weight is 270 g/mol. The number of nitrogens with one attached hydrogen (secondary N) is 1. The molecule has 1 N–H and O–H groups in total. The molecule has 1 rings (SSSR count). The number of hydrogen-bond acceptors (Lipinski definition) is 2. The minimum atomic E-state index is -0.107. The predicted octanol–water partition coefficient (Wildman–Crippen LogP) is 2.99. The molecule has 0 saturated heterocycles. The molecule has 1 aromatic carbocycles. The van der Waals surface area contributed by atoms with Crippen molar-refractivity contribution in [3.05, 3.63) is 34.9 Å². The van der Waals surface area contributed by atoms with Crippen molar-refractivity contribution in [3.63, 3.8) is 0 Å². The Bertz CT molecular complexity index is 365. The van der Waals surface area contributed by atoms with E-state index in [1.807, 2.05) is 31.2 Å². The summed E-state index contributed by atoms with van der Waals surface area (Å²) in [7, 11) is 1.66. The molecule has 0 spiro atoms. The Morgan fingerprint density at radius 1 is 1.39 bits per heavy atom. The van der Waals surface area contributed by atoms with Crippen molar-refractivity contribution in [2.45, 2.75) is 25.7 Å². The normalized spacial score (nSPS) is 12.2. The second-order valence-electron chi connectivity index (χ2n) is 4.15. The first-order valence-electron chi connectivity index (χ1n) is 6.21. The fourth-order valence-electron chi connectivity index (χ4n) is 1.82. The van der Waals surface area contributed by atoms with Crippen LogP contribution in [0.3, 0.4) is 0 Å². The second kappa shape index (κ2) is 8.11. The van der Waals surface area contributed by atoms with Crippen molar-refractivity contribution in [1.82, 2.24) is 5.32 Å². The van der Waals surface area contributed by atoms with E-state index in [2.05, 4.69) is 5.32 Å². The molecule has 0 heterocycles. The summed E-state index contributed by atoms with van der Waals surface area (Å²) in [5.41, 5.74) is 1.01. The third kappa shape index (κ3) is 4.67. The van der Waals surface area contributed by atoms with Crippen molar-refractivity contribution < 1.29 is 9.53 Å². The van der Waals surface area contributed by atoms with Gasteiger partial charge >= 0.3 is 0 Å². The van der Waals surface area contributed by atoms with E-state index in [0.29, 0.717) is 18.2 Å². The number of hydrogen-bond donors (Lipinski definition) is 1. The molecule has 100 valence electrons. The lowest BCUT2D eigenvalue weighted by Crippen LogP contribution is -2.30. The zero-order valence-electron chi connectivity index (χ0n) is 10.9. The van der Waals surface area contributed by atoms with Crippen molar-refractivity contribution in [2.75, 3.05) is 20.3 Å². The van der Waals surface area contributed by atoms with Gasteiger partial charge < -0.3 is 10.1 Å². The smallest absolute Gasteiger partial charge is 0.227 e. The topological polar surface area (TPSA) is 38.3 Å². The predicted molar refractivity (Wildman–Crippen MR) is 74.0 cm³/mol. The summed E-state index contributed by atoms with van der Waals surface area (Å²) in [5.74, 6) is -0.0410. The summed E-state index contributed by atoms with van der Waals surface area (Å²) in [6.45, 7) is 3.32. The van der Waals surface area contributed by atoms with Gasteiger partial charge in [0.25, 0.3) is 0 Å². The van der Waals surface area contributed by atoms with Gasteiger partial charge in [0.15, 0.2) is 0 Å². The zero-order valence-corrected chi connectivity index (χ0v) is 11.7. The van der Waals surface area contributed by atoms with Crippen molar-refractivity contribution >= 4 is 17.5 Å². The van der Waals surface area contributed by atoms with E-state index in [4.69, 9.17) is 16.3 Å². The first kappa shape index (κ1) is 15.0. The summed E-state index contributed by atoms with van der Waals surface area (Å²) in [4.78, 5) is 12.0. The molecule has 0 fully saturated rings. The van der Waals surface area contributed by atoms with Gasteiger partial charge in [-0.3, -0.25) is 4.79 Å². The Morgan fingerprint density at radius 2 is 2.06 bits per heavy atom. The highest BCUT2D eigenvalue weighted by molar-refractivity contribution is 6.30. The molecule has 4 heteroatoms. The molecule has 0 saturated carbocycles. The van der Waals surface area contributed by atoms with Crippen LogP contribution < -0.4 is 5.32 Å². The van der Waals surface area contributed by atoms with E-state index in [1.54, 1.807) is 7.11 Å². The molecule has 0 aromatic heterocycles. The lowest BCUT2D eigenvalue weighted by atomic mass is 9.95. The Balaban J connectivity index is 2.54. The highest BCUT2D eigenvalue weighted by Crippen LogP contribution is 2.21. The summed E-state index contributed by atoms with van der Waals surface area (Å²) in [6.07, 6.45) is 1.61. The van der Waals surface area contributed by atoms with Gasteiger partial charge in [0.2, 0.25) is 5.91 Å². The van der Waals surface area contributed by atoms with Crippen LogP contribution in [0, 0.1) is 0 Å². The highest BCUT2D eigenvalue weighted by atomic mass is 35.5. The van der Waals surface area contributed by atoms with Crippen LogP contribution in [-0.4, -0.2) is 26.2 Å². The first-order chi connectivity index (χ1) is 8.69. The van der Waals surface area contributed by atoms with Gasteiger partial charge in [0, 0.05) is 25.3 Å². The molecule has 1 unspecified atom stereocenters. The summed E-state index contributed by atoms with van der Waals surface area (Å²) in [6, 6.07) is 7.45. The number of halogens is 1. The Labute approximate surface area is 113 Å². The van der Waals surface area contributed by atoms with Crippen molar-refractivity contribution in [1.29, 1.82) is 0 Å². The molecular weight excluding hydrogens is 250 g/mol. The number of ether oxygens (including phenoxy) is 1. The number of methoxy groups -OCH3 is 1. The van der Waals surface area contributed by atoms with Gasteiger partial charge in [0.05, 0.1) is 5.92 Å². The number of benzene rings is 1. The van der Waals surface area contributed by atoms with Crippen LogP contribution in [0.25, 0.3) is 0 Å². The maximum Gasteiger partial charge on any atom is 0.227 e. The van der Waals surface area contributed by atoms with Crippen molar-refractivity contribution in [2.24, 2.45) is 0 Å². The molecule has 1 aromatic rings. The Hall–Kier alpha value is -1.06. The monoisotopic (exact) mass is 269 g/mol. The maximum atomic E-state index is 12.0. The van der Waals surface area contributed by atoms with Crippen LogP contribution >= 0.6 is 11.6 Å². The molecule has 1 amide bonds. The van der Waals surface area contributed by atoms with Crippen LogP contribution in [0.1, 0.15) is 31.2 Å². The summed E-state index contributed by atoms with van der Waals surface area (Å²) < 4.78 is 4.94. The Morgan fingerprint density at radius 3 is 2.61 bits per heavy atom. The molecule has 1 atom stereocenters. The largest absolute Gasteiger partial charge is 0.385 e. The molecule has 0 bridgehead atoms. The first-order valence-corrected chi connectivity index (χ1v) is 6.59. The van der Waals surface area contributed by atoms with Crippen LogP contribution in [0.2, 0.25) is 5.02 Å². The lowest BCUT2D eigenvalue weighted by molar-refractivity contribution is -0.122. The van der Waals surface area contributed by atoms with E-state index < -0.39 is 0 Å². The van der Waals surface area contributed by atoms with Gasteiger partial charge in [-0.15, -0.1) is 0 Å². The average Bonchev–Trinajstić information content (AvgIpc) is 2.38. The third-order valence-electron chi connectivity index (χ3n) is 2.82. The number of carbonyl (C=O) groups excluding carboxylic acids is 1. The van der Waals surface area contributed by atoms with Crippen molar-refractivity contribution in [3.8, 4) is 0 Å². The van der Waals surface area contributed by atoms with Crippen LogP contribution in [-0.2, 0) is 9.53 Å². The van der Waals surface area contributed by atoms with Gasteiger partial charge in [-0.25, -0.2) is 0 Å². The van der Waals surface area contributed by atoms with E-state index in [-0.39, 0.29) is 11.8 Å². The quantitative estimate of drug-likeness (QED) is 0.773. The van der Waals surface area contributed by atoms with Gasteiger partial charge in [0.1, 0.15) is 0 Å². The van der Waals surface area contributed by atoms with Crippen LogP contribution in [0.4, 0.5) is 0 Å². The van der Waals surface area contributed by atoms with E-state index >= 15 is 0 Å². The van der Waals surface area contributed by atoms with E-state index in [0.717, 1.165) is 18.4 Å². The Kier molecular flexibility index (Phi) is 6.76. The summed E-state index contributed by atoms with van der Waals surface area (Å²) in [5, 5.41) is 3.62. The van der Waals surface area contributed by atoms with Crippen LogP contribution in [0.15, 0.2) is 24.3 Å². The molecule has 0 aliphatic heterocycles. The lowest BCUT2D eigenvalue weighted by Gasteiger charge is -2.15. The minimum Gasteiger partial charge on any atom is -0.385 e. The molecule has 0 aliphatic rings. The standard InChI is InChI=1S/C14H20ClNO2/c1-3-13(11-5-7-12(15)8-6-11)14(17)16-9-4-10-18-2/h5-8,13H,3-4,9-10H2,1-2H3,(H,16,17). The summed E-state index contributed by atoms with van der Waals surface area (Å²) >= 11 is 5.84. The van der Waals surface area contributed by atoms with Gasteiger partial charge in [-0.1, -0.05) is 30.7 Å². The minimum absolute atomic E-state index is 0.0657. The van der Waals surface area contributed by atoms with E-state index in [1.165, 1.54) is 0 Å². The number of amides is 1. The van der Waals surface area contributed by atoms with Gasteiger partial charge in [-0.05, 0) is 30.5 Å². The molecule has 18 heavy (non-hydrogen) atoms. The van der Waals surface area contributed by atoms with Crippen LogP contribution in [0.5, 0.6) is 0 Å². The number of carbonyl (C=O) groups is 1. The second-order valence-corrected chi connectivity index (χ2v) is 4.59. The zero-order chi connectivity index (χ0) is 13.4. The fraction of sp³-hybridized carbons (Fsp3) is 0.500. The highest BCUT2D eigenvalue weighted by Gasteiger charge is 2.17. The molecule has 0 radical (unpaired) electrons. The number of rotatable bonds is 7. The van der Waals surface area contributed by atoms with Gasteiger partial charge in [-0.2, -0.15) is 0 Å². The molecule has 3 nitrogen and oxygen atoms in total. The molecular formula is C14H20ClNO2. The fourth-order valence-corrected chi connectivity index (χ4v) is 1.94. The third-order valence-corrected chi connectivity index (χ3v) is 3.07. The SMILES string of the molecule is CCC(C(=O)NCCCOC)c1ccc(Cl)cc1. The maximum absolute atomic E-state index is 12.0. The van der Waals surface area contributed by atoms with E-state index in [9.17, 15) is 4.79 Å². The molecule has 0 aliphatic carbocycles.